The molecule has 3 heterocycles. The fourth-order valence-electron chi connectivity index (χ4n) is 4.40. The van der Waals surface area contributed by atoms with Gasteiger partial charge >= 0.3 is 12.1 Å². The smallest absolute Gasteiger partial charge is 0.414 e. The van der Waals surface area contributed by atoms with E-state index in [1.54, 1.807) is 17.0 Å². The highest BCUT2D eigenvalue weighted by molar-refractivity contribution is 5.90. The van der Waals surface area contributed by atoms with Crippen molar-refractivity contribution in [2.75, 3.05) is 31.6 Å². The summed E-state index contributed by atoms with van der Waals surface area (Å²) in [5, 5.41) is 0. The molecule has 1 amide bonds. The molecule has 6 heteroatoms. The van der Waals surface area contributed by atoms with Gasteiger partial charge in [0, 0.05) is 6.54 Å². The van der Waals surface area contributed by atoms with Crippen LogP contribution < -0.4 is 4.90 Å². The number of benzene rings is 2. The van der Waals surface area contributed by atoms with Crippen LogP contribution in [0.2, 0.25) is 0 Å². The van der Waals surface area contributed by atoms with Crippen LogP contribution in [-0.2, 0) is 16.0 Å². The number of anilines is 1. The number of carbonyl (C=O) groups excluding carboxylic acids is 2. The van der Waals surface area contributed by atoms with Crippen LogP contribution in [0.1, 0.15) is 34.3 Å². The zero-order chi connectivity index (χ0) is 21.1. The van der Waals surface area contributed by atoms with E-state index < -0.39 is 0 Å². The van der Waals surface area contributed by atoms with Gasteiger partial charge < -0.3 is 9.47 Å². The molecule has 0 aliphatic carbocycles. The van der Waals surface area contributed by atoms with Crippen molar-refractivity contribution in [3.05, 3.63) is 65.2 Å². The molecule has 0 aromatic heterocycles. The molecule has 0 saturated carbocycles. The van der Waals surface area contributed by atoms with Crippen LogP contribution in [0, 0.1) is 12.8 Å². The summed E-state index contributed by atoms with van der Waals surface area (Å²) in [6.45, 7) is 5.39. The molecule has 2 aromatic carbocycles. The van der Waals surface area contributed by atoms with Crippen molar-refractivity contribution in [2.45, 2.75) is 32.4 Å². The third kappa shape index (κ3) is 4.33. The Kier molecular flexibility index (Phi) is 6.04. The third-order valence-corrected chi connectivity index (χ3v) is 6.19. The summed E-state index contributed by atoms with van der Waals surface area (Å²) in [4.78, 5) is 29.0. The number of para-hydroxylation sites is 1. The molecule has 158 valence electrons. The highest BCUT2D eigenvalue weighted by atomic mass is 16.6. The van der Waals surface area contributed by atoms with Crippen molar-refractivity contribution >= 4 is 17.7 Å². The maximum atomic E-state index is 13.3. The number of hydrogen-bond acceptors (Lipinski definition) is 5. The maximum Gasteiger partial charge on any atom is 0.414 e. The van der Waals surface area contributed by atoms with E-state index in [4.69, 9.17) is 9.47 Å². The topological polar surface area (TPSA) is 59.1 Å². The monoisotopic (exact) mass is 408 g/mol. The van der Waals surface area contributed by atoms with Crippen molar-refractivity contribution < 1.29 is 19.1 Å². The number of aryl methyl sites for hydroxylation is 1. The van der Waals surface area contributed by atoms with Crippen molar-refractivity contribution in [3.8, 4) is 0 Å². The molecule has 0 N–H and O–H groups in total. The molecule has 0 spiro atoms. The minimum atomic E-state index is -0.376. The number of esters is 1. The molecule has 0 radical (unpaired) electrons. The average molecular weight is 408 g/mol. The average Bonchev–Trinajstić information content (AvgIpc) is 2.78. The summed E-state index contributed by atoms with van der Waals surface area (Å²) in [5.74, 6) is 0.0797. The Balaban J connectivity index is 1.54. The van der Waals surface area contributed by atoms with Crippen LogP contribution in [0.25, 0.3) is 0 Å². The summed E-state index contributed by atoms with van der Waals surface area (Å²) in [6, 6.07) is 14.9. The first-order chi connectivity index (χ1) is 14.5. The summed E-state index contributed by atoms with van der Waals surface area (Å²) < 4.78 is 10.8. The van der Waals surface area contributed by atoms with E-state index in [9.17, 15) is 9.59 Å². The fraction of sp³-hybridized carbons (Fsp3) is 0.417. The van der Waals surface area contributed by atoms with E-state index >= 15 is 0 Å². The van der Waals surface area contributed by atoms with Gasteiger partial charge in [-0.25, -0.2) is 9.59 Å². The van der Waals surface area contributed by atoms with E-state index in [1.807, 2.05) is 43.3 Å². The van der Waals surface area contributed by atoms with Gasteiger partial charge in [-0.05, 0) is 68.1 Å². The first-order valence-corrected chi connectivity index (χ1v) is 10.5. The van der Waals surface area contributed by atoms with Crippen LogP contribution in [0.4, 0.5) is 10.5 Å². The number of ether oxygens (including phenoxy) is 2. The van der Waals surface area contributed by atoms with Crippen LogP contribution in [0.15, 0.2) is 48.5 Å². The van der Waals surface area contributed by atoms with Gasteiger partial charge in [0.25, 0.3) is 0 Å². The Labute approximate surface area is 177 Å². The minimum absolute atomic E-state index is 0.0479. The highest BCUT2D eigenvalue weighted by Gasteiger charge is 2.37. The Hall–Kier alpha value is -2.86. The number of nitrogens with zero attached hydrogens (tertiary/aromatic N) is 2. The zero-order valence-electron chi connectivity index (χ0n) is 17.5. The molecule has 3 aliphatic heterocycles. The molecule has 2 bridgehead atoms. The predicted octanol–water partition coefficient (Wildman–Crippen LogP) is 4.02. The second-order valence-corrected chi connectivity index (χ2v) is 8.12. The van der Waals surface area contributed by atoms with Crippen molar-refractivity contribution in [2.24, 2.45) is 5.92 Å². The van der Waals surface area contributed by atoms with Gasteiger partial charge in [-0.3, -0.25) is 9.80 Å². The Bertz CT molecular complexity index is 904. The molecule has 1 unspecified atom stereocenters. The second kappa shape index (κ2) is 8.88. The molecular formula is C24H28N2O4. The Morgan fingerprint density at radius 2 is 1.77 bits per heavy atom. The van der Waals surface area contributed by atoms with E-state index in [0.717, 1.165) is 49.3 Å². The lowest BCUT2D eigenvalue weighted by molar-refractivity contribution is -0.0311. The lowest BCUT2D eigenvalue weighted by atomic mass is 9.86. The number of methoxy groups -OCH3 is 1. The zero-order valence-corrected chi connectivity index (χ0v) is 17.5. The van der Waals surface area contributed by atoms with Gasteiger partial charge in [0.15, 0.2) is 0 Å². The lowest BCUT2D eigenvalue weighted by Crippen LogP contribution is -2.53. The van der Waals surface area contributed by atoms with Crippen molar-refractivity contribution in [1.29, 1.82) is 0 Å². The second-order valence-electron chi connectivity index (χ2n) is 8.12. The molecule has 6 nitrogen and oxygen atoms in total. The maximum absolute atomic E-state index is 13.3. The Morgan fingerprint density at radius 1 is 1.07 bits per heavy atom. The van der Waals surface area contributed by atoms with Crippen LogP contribution in [0.5, 0.6) is 0 Å². The quantitative estimate of drug-likeness (QED) is 0.700. The summed E-state index contributed by atoms with van der Waals surface area (Å²) >= 11 is 0. The van der Waals surface area contributed by atoms with Crippen molar-refractivity contribution in [3.63, 3.8) is 0 Å². The fourth-order valence-corrected chi connectivity index (χ4v) is 4.40. The Morgan fingerprint density at radius 3 is 2.37 bits per heavy atom. The molecule has 3 saturated heterocycles. The molecule has 30 heavy (non-hydrogen) atoms. The summed E-state index contributed by atoms with van der Waals surface area (Å²) in [7, 11) is 1.36. The van der Waals surface area contributed by atoms with Crippen LogP contribution in [0.3, 0.4) is 0 Å². The number of fused-ring (bicyclic) bond motifs is 3. The van der Waals surface area contributed by atoms with Crippen molar-refractivity contribution in [1.82, 2.24) is 4.90 Å². The minimum Gasteiger partial charge on any atom is -0.465 e. The number of rotatable bonds is 5. The largest absolute Gasteiger partial charge is 0.465 e. The molecule has 2 aromatic rings. The molecule has 3 fully saturated rings. The summed E-state index contributed by atoms with van der Waals surface area (Å²) in [5.41, 5.74) is 3.24. The van der Waals surface area contributed by atoms with E-state index in [2.05, 4.69) is 4.90 Å². The number of piperidine rings is 3. The van der Waals surface area contributed by atoms with Gasteiger partial charge in [-0.2, -0.15) is 0 Å². The lowest BCUT2D eigenvalue weighted by Gasteiger charge is -2.44. The van der Waals surface area contributed by atoms with Gasteiger partial charge in [0.05, 0.1) is 24.9 Å². The molecule has 5 rings (SSSR count). The van der Waals surface area contributed by atoms with Gasteiger partial charge in [0.1, 0.15) is 6.10 Å². The van der Waals surface area contributed by atoms with Crippen LogP contribution in [-0.4, -0.2) is 49.8 Å². The number of carbonyl (C=O) groups is 2. The van der Waals surface area contributed by atoms with E-state index in [-0.39, 0.29) is 18.2 Å². The van der Waals surface area contributed by atoms with E-state index in [0.29, 0.717) is 18.0 Å². The highest BCUT2D eigenvalue weighted by Crippen LogP contribution is 2.31. The molecule has 3 aliphatic rings. The standard InChI is InChI=1S/C24H28N2O4/c1-17-5-3-4-6-21(17)26(15-18-7-9-20(10-8-18)23(27)29-2)24(28)30-22-16-25-13-11-19(22)12-14-25/h3-10,19,22H,11-16H2,1-2H3. The SMILES string of the molecule is COC(=O)c1ccc(CN(C(=O)OC2CN3CCC2CC3)c2ccccc2C)cc1. The molecule has 1 atom stereocenters. The summed E-state index contributed by atoms with van der Waals surface area (Å²) in [6.07, 6.45) is 1.82. The normalized spacial score (nSPS) is 22.4. The first-order valence-electron chi connectivity index (χ1n) is 10.5. The molecular weight excluding hydrogens is 380 g/mol. The first kappa shape index (κ1) is 20.4. The predicted molar refractivity (Wildman–Crippen MR) is 115 cm³/mol. The van der Waals surface area contributed by atoms with Gasteiger partial charge in [0.2, 0.25) is 0 Å². The number of amides is 1. The van der Waals surface area contributed by atoms with Gasteiger partial charge in [-0.15, -0.1) is 0 Å². The number of hydrogen-bond donors (Lipinski definition) is 0. The van der Waals surface area contributed by atoms with Gasteiger partial charge in [-0.1, -0.05) is 30.3 Å². The third-order valence-electron chi connectivity index (χ3n) is 6.19. The van der Waals surface area contributed by atoms with E-state index in [1.165, 1.54) is 7.11 Å². The van der Waals surface area contributed by atoms with Crippen LogP contribution >= 0.6 is 0 Å².